The second-order valence-corrected chi connectivity index (χ2v) is 3.52. The van der Waals surface area contributed by atoms with Crippen LogP contribution in [0.1, 0.15) is 44.9 Å². The molecule has 0 aliphatic heterocycles. The van der Waals surface area contributed by atoms with E-state index >= 15 is 0 Å². The van der Waals surface area contributed by atoms with Gasteiger partial charge in [-0.05, 0) is 26.2 Å². The van der Waals surface area contributed by atoms with Crippen LogP contribution in [0.25, 0.3) is 0 Å². The Kier molecular flexibility index (Phi) is 3.98. The summed E-state index contributed by atoms with van der Waals surface area (Å²) in [6.45, 7) is 6.97. The third-order valence-electron chi connectivity index (χ3n) is 2.52. The number of hydrogen-bond donors (Lipinski definition) is 1. The van der Waals surface area contributed by atoms with Crippen molar-refractivity contribution in [2.75, 3.05) is 0 Å². The molecule has 0 aliphatic rings. The Hall–Kier alpha value is -0.990. The van der Waals surface area contributed by atoms with Crippen LogP contribution < -0.4 is 0 Å². The zero-order chi connectivity index (χ0) is 10.6. The van der Waals surface area contributed by atoms with Crippen molar-refractivity contribution >= 4 is 0 Å². The van der Waals surface area contributed by atoms with Gasteiger partial charge in [0.25, 0.3) is 0 Å². The van der Waals surface area contributed by atoms with Crippen molar-refractivity contribution in [2.45, 2.75) is 53.0 Å². The molecule has 0 saturated heterocycles. The highest BCUT2D eigenvalue weighted by Crippen LogP contribution is 2.22. The van der Waals surface area contributed by atoms with Gasteiger partial charge >= 0.3 is 0 Å². The van der Waals surface area contributed by atoms with E-state index in [2.05, 4.69) is 18.9 Å². The van der Waals surface area contributed by atoms with Gasteiger partial charge in [0, 0.05) is 12.1 Å². The van der Waals surface area contributed by atoms with E-state index in [1.165, 1.54) is 6.42 Å². The van der Waals surface area contributed by atoms with Crippen LogP contribution in [0.3, 0.4) is 0 Å². The first-order valence-corrected chi connectivity index (χ1v) is 5.52. The predicted molar refractivity (Wildman–Crippen MR) is 57.6 cm³/mol. The molecular weight excluding hydrogens is 176 g/mol. The number of nitrogens with zero attached hydrogens (tertiary/aromatic N) is 2. The van der Waals surface area contributed by atoms with Crippen molar-refractivity contribution in [3.63, 3.8) is 0 Å². The van der Waals surface area contributed by atoms with Gasteiger partial charge in [-0.3, -0.25) is 0 Å². The van der Waals surface area contributed by atoms with Crippen LogP contribution in [-0.2, 0) is 19.4 Å². The SMILES string of the molecule is CCCCc1nn(CC)c(O)c1CC. The minimum Gasteiger partial charge on any atom is -0.493 e. The first kappa shape index (κ1) is 11.1. The van der Waals surface area contributed by atoms with Gasteiger partial charge in [-0.1, -0.05) is 20.3 Å². The van der Waals surface area contributed by atoms with Gasteiger partial charge in [0.1, 0.15) is 0 Å². The third-order valence-corrected chi connectivity index (χ3v) is 2.52. The summed E-state index contributed by atoms with van der Waals surface area (Å²) < 4.78 is 1.68. The number of aromatic hydroxyl groups is 1. The van der Waals surface area contributed by atoms with Crippen molar-refractivity contribution < 1.29 is 5.11 Å². The van der Waals surface area contributed by atoms with Crippen LogP contribution in [0.15, 0.2) is 0 Å². The average molecular weight is 196 g/mol. The van der Waals surface area contributed by atoms with Crippen molar-refractivity contribution in [1.82, 2.24) is 9.78 Å². The molecule has 0 spiro atoms. The number of aromatic nitrogens is 2. The van der Waals surface area contributed by atoms with Crippen molar-refractivity contribution in [1.29, 1.82) is 0 Å². The largest absolute Gasteiger partial charge is 0.493 e. The smallest absolute Gasteiger partial charge is 0.212 e. The number of aryl methyl sites for hydroxylation is 2. The Bertz CT molecular complexity index is 292. The molecule has 0 radical (unpaired) electrons. The van der Waals surface area contributed by atoms with Crippen molar-refractivity contribution in [2.24, 2.45) is 0 Å². The van der Waals surface area contributed by atoms with E-state index in [-0.39, 0.29) is 0 Å². The molecule has 0 saturated carbocycles. The second-order valence-electron chi connectivity index (χ2n) is 3.52. The minimum absolute atomic E-state index is 0.362. The van der Waals surface area contributed by atoms with E-state index in [0.29, 0.717) is 5.88 Å². The van der Waals surface area contributed by atoms with Crippen LogP contribution in [0.2, 0.25) is 0 Å². The topological polar surface area (TPSA) is 38.0 Å². The van der Waals surface area contributed by atoms with Gasteiger partial charge in [-0.2, -0.15) is 5.10 Å². The van der Waals surface area contributed by atoms with E-state index in [1.54, 1.807) is 4.68 Å². The molecule has 3 heteroatoms. The standard InChI is InChI=1S/C11H20N2O/c1-4-7-8-10-9(5-2)11(14)13(6-3)12-10/h14H,4-8H2,1-3H3. The first-order valence-electron chi connectivity index (χ1n) is 5.52. The second kappa shape index (κ2) is 5.03. The van der Waals surface area contributed by atoms with Gasteiger partial charge in [0.2, 0.25) is 5.88 Å². The molecule has 1 rings (SSSR count). The first-order chi connectivity index (χ1) is 6.74. The summed E-state index contributed by atoms with van der Waals surface area (Å²) >= 11 is 0. The Morgan fingerprint density at radius 3 is 2.50 bits per heavy atom. The fraction of sp³-hybridized carbons (Fsp3) is 0.727. The lowest BCUT2D eigenvalue weighted by Gasteiger charge is -1.98. The van der Waals surface area contributed by atoms with E-state index < -0.39 is 0 Å². The Labute approximate surface area is 85.8 Å². The number of rotatable bonds is 5. The molecule has 0 bridgehead atoms. The van der Waals surface area contributed by atoms with Gasteiger partial charge in [0.05, 0.1) is 5.69 Å². The fourth-order valence-electron chi connectivity index (χ4n) is 1.67. The highest BCUT2D eigenvalue weighted by atomic mass is 16.3. The van der Waals surface area contributed by atoms with Gasteiger partial charge in [-0.25, -0.2) is 4.68 Å². The molecule has 0 atom stereocenters. The quantitative estimate of drug-likeness (QED) is 0.785. The Morgan fingerprint density at radius 2 is 2.00 bits per heavy atom. The van der Waals surface area contributed by atoms with Gasteiger partial charge in [-0.15, -0.1) is 0 Å². The summed E-state index contributed by atoms with van der Waals surface area (Å²) in [7, 11) is 0. The normalized spacial score (nSPS) is 10.8. The van der Waals surface area contributed by atoms with E-state index in [0.717, 1.165) is 37.1 Å². The minimum atomic E-state index is 0.362. The molecule has 0 aliphatic carbocycles. The zero-order valence-corrected chi connectivity index (χ0v) is 9.38. The van der Waals surface area contributed by atoms with E-state index in [1.807, 2.05) is 6.92 Å². The van der Waals surface area contributed by atoms with E-state index in [9.17, 15) is 5.11 Å². The van der Waals surface area contributed by atoms with Crippen LogP contribution in [0.5, 0.6) is 5.88 Å². The summed E-state index contributed by atoms with van der Waals surface area (Å²) in [6.07, 6.45) is 4.17. The lowest BCUT2D eigenvalue weighted by molar-refractivity contribution is 0.400. The molecule has 0 fully saturated rings. The molecule has 3 nitrogen and oxygen atoms in total. The van der Waals surface area contributed by atoms with Crippen molar-refractivity contribution in [3.05, 3.63) is 11.3 Å². The molecule has 14 heavy (non-hydrogen) atoms. The number of hydrogen-bond acceptors (Lipinski definition) is 2. The maximum absolute atomic E-state index is 9.81. The molecule has 1 aromatic rings. The molecular formula is C11H20N2O. The summed E-state index contributed by atoms with van der Waals surface area (Å²) in [5.74, 6) is 0.362. The molecule has 1 heterocycles. The van der Waals surface area contributed by atoms with Gasteiger partial charge < -0.3 is 5.11 Å². The van der Waals surface area contributed by atoms with Crippen LogP contribution in [0, 0.1) is 0 Å². The lowest BCUT2D eigenvalue weighted by Crippen LogP contribution is -1.96. The monoisotopic (exact) mass is 196 g/mol. The molecule has 1 N–H and O–H groups in total. The molecule has 0 amide bonds. The van der Waals surface area contributed by atoms with Crippen molar-refractivity contribution in [3.8, 4) is 5.88 Å². The predicted octanol–water partition coefficient (Wildman–Crippen LogP) is 2.51. The maximum atomic E-state index is 9.81. The average Bonchev–Trinajstić information content (AvgIpc) is 2.51. The molecule has 1 aromatic heterocycles. The molecule has 0 aromatic carbocycles. The number of unbranched alkanes of at least 4 members (excludes halogenated alkanes) is 1. The summed E-state index contributed by atoms with van der Waals surface area (Å²) in [5, 5.41) is 14.2. The lowest BCUT2D eigenvalue weighted by atomic mass is 10.1. The highest BCUT2D eigenvalue weighted by Gasteiger charge is 2.13. The van der Waals surface area contributed by atoms with Crippen LogP contribution >= 0.6 is 0 Å². The maximum Gasteiger partial charge on any atom is 0.212 e. The van der Waals surface area contributed by atoms with Gasteiger partial charge in [0.15, 0.2) is 0 Å². The fourth-order valence-corrected chi connectivity index (χ4v) is 1.67. The molecule has 80 valence electrons. The Balaban J connectivity index is 2.90. The van der Waals surface area contributed by atoms with E-state index in [4.69, 9.17) is 0 Å². The zero-order valence-electron chi connectivity index (χ0n) is 9.38. The van der Waals surface area contributed by atoms with Crippen LogP contribution in [-0.4, -0.2) is 14.9 Å². The summed E-state index contributed by atoms with van der Waals surface area (Å²) in [6, 6.07) is 0. The van der Waals surface area contributed by atoms with Crippen LogP contribution in [0.4, 0.5) is 0 Å². The third kappa shape index (κ3) is 2.08. The Morgan fingerprint density at radius 1 is 1.29 bits per heavy atom. The summed E-state index contributed by atoms with van der Waals surface area (Å²) in [5.41, 5.74) is 2.11. The highest BCUT2D eigenvalue weighted by molar-refractivity contribution is 5.30. The molecule has 0 unspecified atom stereocenters. The summed E-state index contributed by atoms with van der Waals surface area (Å²) in [4.78, 5) is 0.